The minimum atomic E-state index is -3.51. The SMILES string of the molecule is CCCCCCCCCCCCC/C=C/[C@@H](O)[C@H](COC1OC(CO)C(OC2OC(CO)C(O)C(OC3(C(=O)[O-])CC(O)C(NC(C)=O)C([C@H](O)[C@@H](CO)OC4(C(=O)[O-])CC(O)C(NC(C)=O)C([C@H](O)[C@H](O)CO)O4)O3)C2O)C(O)C1O)NC(=O)CCCCCCCCCCCCCCCCCCCCCC. The minimum Gasteiger partial charge on any atom is -0.544 e. The Hall–Kier alpha value is -3.79. The molecule has 0 bridgehead atoms. The first-order valence-corrected chi connectivity index (χ1v) is 39.7. The molecule has 4 rings (SSSR count). The molecule has 4 heterocycles. The molecule has 32 nitrogen and oxygen atoms in total. The van der Waals surface area contributed by atoms with E-state index < -0.39 is 216 Å². The molecule has 3 amide bonds. The molecule has 4 aliphatic rings. The summed E-state index contributed by atoms with van der Waals surface area (Å²) < 4.78 is 46.2. The molecule has 0 aliphatic carbocycles. The van der Waals surface area contributed by atoms with Crippen LogP contribution in [0, 0.1) is 0 Å². The van der Waals surface area contributed by atoms with Crippen LogP contribution in [0.2, 0.25) is 0 Å². The number of carboxylic acids is 2. The van der Waals surface area contributed by atoms with Gasteiger partial charge in [0.15, 0.2) is 12.6 Å². The van der Waals surface area contributed by atoms with E-state index in [2.05, 4.69) is 29.8 Å². The highest BCUT2D eigenvalue weighted by Gasteiger charge is 2.60. The monoisotopic (exact) mass is 1540 g/mol. The first-order chi connectivity index (χ1) is 51.2. The lowest BCUT2D eigenvalue weighted by molar-refractivity contribution is -0.415. The smallest absolute Gasteiger partial charge is 0.220 e. The number of amides is 3. The topological polar surface area (TPSA) is 525 Å². The Balaban J connectivity index is 1.45. The molecule has 0 saturated carbocycles. The average Bonchev–Trinajstić information content (AvgIpc) is 0.755. The summed E-state index contributed by atoms with van der Waals surface area (Å²) in [5.41, 5.74) is 0. The zero-order chi connectivity index (χ0) is 79.1. The fraction of sp³-hybridized carbons (Fsp3) is 0.907. The van der Waals surface area contributed by atoms with Crippen molar-refractivity contribution >= 4 is 29.7 Å². The molecule has 4 saturated heterocycles. The van der Waals surface area contributed by atoms with Crippen LogP contribution in [0.5, 0.6) is 0 Å². The van der Waals surface area contributed by atoms with Gasteiger partial charge in [-0.2, -0.15) is 0 Å². The van der Waals surface area contributed by atoms with Crippen LogP contribution in [-0.4, -0.2) is 280 Å². The summed E-state index contributed by atoms with van der Waals surface area (Å²) in [6, 6.07) is -4.81. The van der Waals surface area contributed by atoms with E-state index >= 15 is 0 Å². The molecule has 24 atom stereocenters. The summed E-state index contributed by atoms with van der Waals surface area (Å²) in [6.07, 6.45) is -2.30. The molecule has 17 N–H and O–H groups in total. The van der Waals surface area contributed by atoms with Gasteiger partial charge in [0.25, 0.3) is 0 Å². The normalized spacial score (nSPS) is 30.8. The van der Waals surface area contributed by atoms with E-state index in [0.717, 1.165) is 65.2 Å². The fourth-order valence-electron chi connectivity index (χ4n) is 14.4. The molecule has 624 valence electrons. The maximum Gasteiger partial charge on any atom is 0.220 e. The number of aliphatic carboxylic acids is 2. The van der Waals surface area contributed by atoms with Gasteiger partial charge in [-0.3, -0.25) is 14.4 Å². The van der Waals surface area contributed by atoms with Crippen LogP contribution < -0.4 is 26.2 Å². The average molecular weight is 1540 g/mol. The second kappa shape index (κ2) is 51.8. The van der Waals surface area contributed by atoms with Crippen molar-refractivity contribution in [3.05, 3.63) is 12.2 Å². The molecular formula is C75H133N3O29-2. The van der Waals surface area contributed by atoms with Crippen molar-refractivity contribution in [2.45, 2.75) is 398 Å². The summed E-state index contributed by atoms with van der Waals surface area (Å²) in [6.45, 7) is 0.988. The largest absolute Gasteiger partial charge is 0.544 e. The first-order valence-electron chi connectivity index (χ1n) is 39.7. The Morgan fingerprint density at radius 2 is 0.944 bits per heavy atom. The molecule has 4 fully saturated rings. The van der Waals surface area contributed by atoms with E-state index in [9.17, 15) is 106 Å². The van der Waals surface area contributed by atoms with Crippen molar-refractivity contribution < 1.29 is 144 Å². The number of aliphatic hydroxyl groups excluding tert-OH is 14. The highest BCUT2D eigenvalue weighted by Crippen LogP contribution is 2.41. The molecule has 107 heavy (non-hydrogen) atoms. The van der Waals surface area contributed by atoms with E-state index in [-0.39, 0.29) is 12.3 Å². The Morgan fingerprint density at radius 3 is 1.38 bits per heavy atom. The van der Waals surface area contributed by atoms with Gasteiger partial charge < -0.3 is 145 Å². The molecule has 0 aromatic carbocycles. The number of carboxylic acid groups (broad SMARTS) is 2. The number of ether oxygens (including phenoxy) is 8. The van der Waals surface area contributed by atoms with Crippen molar-refractivity contribution in [2.24, 2.45) is 0 Å². The Kier molecular flexibility index (Phi) is 46.2. The lowest BCUT2D eigenvalue weighted by Crippen LogP contribution is -2.73. The number of nitrogens with one attached hydrogen (secondary N) is 3. The lowest BCUT2D eigenvalue weighted by Gasteiger charge is -2.53. The summed E-state index contributed by atoms with van der Waals surface area (Å²) in [4.78, 5) is 64.8. The summed E-state index contributed by atoms with van der Waals surface area (Å²) in [7, 11) is 0. The van der Waals surface area contributed by atoms with E-state index in [4.69, 9.17) is 37.9 Å². The van der Waals surface area contributed by atoms with Crippen LogP contribution in [0.1, 0.15) is 252 Å². The summed E-state index contributed by atoms with van der Waals surface area (Å²) >= 11 is 0. The maximum absolute atomic E-state index is 13.5. The van der Waals surface area contributed by atoms with Gasteiger partial charge in [0.2, 0.25) is 29.3 Å². The quantitative estimate of drug-likeness (QED) is 0.0273. The molecule has 0 aromatic rings. The number of unbranched alkanes of at least 4 members (excludes halogenated alkanes) is 30. The highest BCUT2D eigenvalue weighted by atomic mass is 16.8. The third kappa shape index (κ3) is 31.6. The highest BCUT2D eigenvalue weighted by molar-refractivity contribution is 5.77. The van der Waals surface area contributed by atoms with Gasteiger partial charge in [-0.05, 0) is 19.3 Å². The van der Waals surface area contributed by atoms with Crippen LogP contribution >= 0.6 is 0 Å². The van der Waals surface area contributed by atoms with Gasteiger partial charge in [0.05, 0.1) is 69.5 Å². The van der Waals surface area contributed by atoms with Crippen LogP contribution in [0.25, 0.3) is 0 Å². The van der Waals surface area contributed by atoms with E-state index in [1.54, 1.807) is 6.08 Å². The van der Waals surface area contributed by atoms with Crippen molar-refractivity contribution in [3.63, 3.8) is 0 Å². The van der Waals surface area contributed by atoms with E-state index in [1.165, 1.54) is 141 Å². The first kappa shape index (κ1) is 95.6. The van der Waals surface area contributed by atoms with Gasteiger partial charge in [-0.25, -0.2) is 0 Å². The maximum atomic E-state index is 13.5. The van der Waals surface area contributed by atoms with Gasteiger partial charge in [-0.1, -0.05) is 212 Å². The van der Waals surface area contributed by atoms with Crippen LogP contribution in [0.4, 0.5) is 0 Å². The number of carbonyl (C=O) groups excluding carboxylic acids is 5. The number of allylic oxidation sites excluding steroid dienone is 1. The summed E-state index contributed by atoms with van der Waals surface area (Å²) in [5.74, 6) is -13.9. The number of carbonyl (C=O) groups is 5. The Labute approximate surface area is 630 Å². The predicted molar refractivity (Wildman–Crippen MR) is 381 cm³/mol. The van der Waals surface area contributed by atoms with Crippen molar-refractivity contribution in [1.82, 2.24) is 16.0 Å². The molecule has 32 heteroatoms. The molecule has 18 unspecified atom stereocenters. The lowest BCUT2D eigenvalue weighted by atomic mass is 9.87. The molecule has 4 aliphatic heterocycles. The van der Waals surface area contributed by atoms with Crippen LogP contribution in [0.3, 0.4) is 0 Å². The number of rotatable bonds is 57. The third-order valence-corrected chi connectivity index (χ3v) is 20.7. The number of aliphatic hydroxyl groups is 14. The number of hydrogen-bond acceptors (Lipinski definition) is 29. The zero-order valence-corrected chi connectivity index (χ0v) is 63.5. The van der Waals surface area contributed by atoms with Crippen molar-refractivity contribution in [3.8, 4) is 0 Å². The van der Waals surface area contributed by atoms with Crippen LogP contribution in [-0.2, 0) is 61.9 Å². The predicted octanol–water partition coefficient (Wildman–Crippen LogP) is -0.380. The van der Waals surface area contributed by atoms with E-state index in [0.29, 0.717) is 12.8 Å². The van der Waals surface area contributed by atoms with Gasteiger partial charge in [-0.15, -0.1) is 0 Å². The molecule has 0 radical (unpaired) electrons. The van der Waals surface area contributed by atoms with Crippen LogP contribution in [0.15, 0.2) is 12.2 Å². The third-order valence-electron chi connectivity index (χ3n) is 20.7. The second-order valence-corrected chi connectivity index (χ2v) is 29.6. The standard InChI is InChI=1S/C75H135N3O29/c1-5-7-9-11-13-15-17-19-20-21-22-23-24-25-27-29-31-33-35-37-39-57(89)78-49(50(85)38-36-34-32-30-28-26-18-16-14-12-10-8-6-2)46-100-70-64(94)63(93)66(56(45-82)102-70)103-71-65(95)69(61(91)54(43-80)101-71)107-75(73(98)99)41-52(87)59(77-48(4)84)68(106-75)62(92)55(44-81)104-74(72(96)97)40-51(86)58(76-47(3)83)67(105-74)60(90)53(88)42-79/h36,38,49-56,58-71,79-82,85-88,90-95H,5-35,37,39-46H2,1-4H3,(H,76,83)(H,77,84)(H,78,89)(H,96,97)(H,98,99)/p-2/b38-36+/t49-,50+,51?,52?,53+,54?,55+,56?,58?,59?,60+,61?,62+,63?,64?,65?,66?,67?,68?,69?,70?,71?,74?,75?/m0/s1. The number of hydrogen-bond donors (Lipinski definition) is 17. The zero-order valence-electron chi connectivity index (χ0n) is 63.5. The fourth-order valence-corrected chi connectivity index (χ4v) is 14.4. The minimum absolute atomic E-state index is 0.151. The molecule has 0 spiro atoms. The summed E-state index contributed by atoms with van der Waals surface area (Å²) in [5, 5.41) is 190. The van der Waals surface area contributed by atoms with Crippen molar-refractivity contribution in [2.75, 3.05) is 33.0 Å². The van der Waals surface area contributed by atoms with E-state index in [1.807, 2.05) is 6.08 Å². The molecule has 0 aromatic heterocycles. The van der Waals surface area contributed by atoms with Gasteiger partial charge in [0.1, 0.15) is 97.4 Å². The van der Waals surface area contributed by atoms with Gasteiger partial charge >= 0.3 is 0 Å². The van der Waals surface area contributed by atoms with Gasteiger partial charge in [0, 0.05) is 33.1 Å². The molecular weight excluding hydrogens is 1410 g/mol. The Bertz CT molecular complexity index is 2500. The van der Waals surface area contributed by atoms with Crippen molar-refractivity contribution in [1.29, 1.82) is 0 Å². The second-order valence-electron chi connectivity index (χ2n) is 29.6. The Morgan fingerprint density at radius 1 is 0.514 bits per heavy atom.